The van der Waals surface area contributed by atoms with Crippen molar-refractivity contribution in [3.8, 4) is 0 Å². The minimum Gasteiger partial charge on any atom is -0.463 e. The van der Waals surface area contributed by atoms with Crippen molar-refractivity contribution in [1.82, 2.24) is 15.3 Å². The molecule has 1 aromatic heterocycles. The highest BCUT2D eigenvalue weighted by Crippen LogP contribution is 2.19. The molecule has 0 aliphatic carbocycles. The number of hydrogen-bond donors (Lipinski definition) is 1. The zero-order valence-electron chi connectivity index (χ0n) is 14.9. The molecule has 6 nitrogen and oxygen atoms in total. The molecular formula is C19H23N3O3. The fourth-order valence-corrected chi connectivity index (χ4v) is 2.34. The second-order valence-corrected chi connectivity index (χ2v) is 6.17. The van der Waals surface area contributed by atoms with Crippen LogP contribution in [0.1, 0.15) is 53.7 Å². The Morgan fingerprint density at radius 2 is 1.80 bits per heavy atom. The van der Waals surface area contributed by atoms with E-state index in [0.29, 0.717) is 5.82 Å². The Hall–Kier alpha value is -2.76. The highest BCUT2D eigenvalue weighted by Gasteiger charge is 2.21. The maximum Gasteiger partial charge on any atom is 0.308 e. The van der Waals surface area contributed by atoms with Crippen LogP contribution in [-0.2, 0) is 9.53 Å². The second-order valence-electron chi connectivity index (χ2n) is 6.17. The molecule has 1 N–H and O–H groups in total. The molecule has 0 saturated heterocycles. The molecule has 1 atom stereocenters. The summed E-state index contributed by atoms with van der Waals surface area (Å²) in [5, 5.41) is 2.87. The van der Waals surface area contributed by atoms with Gasteiger partial charge in [0.25, 0.3) is 5.91 Å². The number of benzene rings is 1. The van der Waals surface area contributed by atoms with E-state index in [-0.39, 0.29) is 30.1 Å². The van der Waals surface area contributed by atoms with Crippen molar-refractivity contribution in [2.75, 3.05) is 0 Å². The number of nitrogens with one attached hydrogen (secondary N) is 1. The summed E-state index contributed by atoms with van der Waals surface area (Å²) in [4.78, 5) is 32.7. The Balaban J connectivity index is 2.20. The minimum atomic E-state index is -0.491. The average Bonchev–Trinajstić information content (AvgIpc) is 2.54. The number of amides is 1. The summed E-state index contributed by atoms with van der Waals surface area (Å²) in [7, 11) is 0. The number of rotatable bonds is 6. The molecule has 0 aliphatic heterocycles. The van der Waals surface area contributed by atoms with E-state index in [1.807, 2.05) is 31.2 Å². The van der Waals surface area contributed by atoms with Crippen molar-refractivity contribution in [1.29, 1.82) is 0 Å². The van der Waals surface area contributed by atoms with E-state index in [2.05, 4.69) is 15.3 Å². The maximum absolute atomic E-state index is 12.5. The third-order valence-corrected chi connectivity index (χ3v) is 3.53. The van der Waals surface area contributed by atoms with Crippen LogP contribution in [0.5, 0.6) is 0 Å². The fraction of sp³-hybridized carbons (Fsp3) is 0.368. The van der Waals surface area contributed by atoms with Crippen LogP contribution in [-0.4, -0.2) is 27.9 Å². The molecule has 0 unspecified atom stereocenters. The zero-order valence-corrected chi connectivity index (χ0v) is 14.9. The second kappa shape index (κ2) is 8.37. The number of nitrogens with zero attached hydrogens (tertiary/aromatic N) is 2. The van der Waals surface area contributed by atoms with Gasteiger partial charge < -0.3 is 10.1 Å². The largest absolute Gasteiger partial charge is 0.463 e. The van der Waals surface area contributed by atoms with Crippen LogP contribution < -0.4 is 5.32 Å². The number of ether oxygens (including phenoxy) is 1. The number of carbonyl (C=O) groups excluding carboxylic acids is 2. The summed E-state index contributed by atoms with van der Waals surface area (Å²) in [5.74, 6) is -0.202. The molecule has 0 bridgehead atoms. The normalized spacial score (nSPS) is 11.9. The first-order chi connectivity index (χ1) is 11.8. The number of aryl methyl sites for hydroxylation is 2. The van der Waals surface area contributed by atoms with Gasteiger partial charge in [0.1, 0.15) is 11.5 Å². The Morgan fingerprint density at radius 1 is 1.12 bits per heavy atom. The van der Waals surface area contributed by atoms with Crippen LogP contribution in [0.2, 0.25) is 0 Å². The third-order valence-electron chi connectivity index (χ3n) is 3.53. The topological polar surface area (TPSA) is 81.2 Å². The van der Waals surface area contributed by atoms with Gasteiger partial charge in [-0.05, 0) is 39.3 Å². The first kappa shape index (κ1) is 18.6. The van der Waals surface area contributed by atoms with Gasteiger partial charge in [0, 0.05) is 6.20 Å². The predicted octanol–water partition coefficient (Wildman–Crippen LogP) is 2.91. The Bertz CT molecular complexity index is 742. The fourth-order valence-electron chi connectivity index (χ4n) is 2.34. The van der Waals surface area contributed by atoms with E-state index in [9.17, 15) is 9.59 Å². The van der Waals surface area contributed by atoms with Crippen LogP contribution in [0.25, 0.3) is 0 Å². The third kappa shape index (κ3) is 5.67. The lowest BCUT2D eigenvalue weighted by molar-refractivity contribution is -0.147. The van der Waals surface area contributed by atoms with E-state index < -0.39 is 6.04 Å². The predicted molar refractivity (Wildman–Crippen MR) is 94.0 cm³/mol. The molecule has 0 radical (unpaired) electrons. The summed E-state index contributed by atoms with van der Waals surface area (Å²) in [6.45, 7) is 7.28. The van der Waals surface area contributed by atoms with Gasteiger partial charge in [-0.2, -0.15) is 0 Å². The van der Waals surface area contributed by atoms with Crippen LogP contribution >= 0.6 is 0 Å². The SMILES string of the molecule is Cc1ccc([C@@H](CC(=O)OC(C)C)NC(=O)c2ccnc(C)n2)cc1. The number of aromatic nitrogens is 2. The van der Waals surface area contributed by atoms with E-state index in [4.69, 9.17) is 4.74 Å². The number of carbonyl (C=O) groups is 2. The van der Waals surface area contributed by atoms with Crippen LogP contribution in [0.3, 0.4) is 0 Å². The lowest BCUT2D eigenvalue weighted by Gasteiger charge is -2.19. The van der Waals surface area contributed by atoms with Gasteiger partial charge in [-0.1, -0.05) is 29.8 Å². The molecule has 1 aromatic carbocycles. The van der Waals surface area contributed by atoms with E-state index in [1.165, 1.54) is 6.20 Å². The quantitative estimate of drug-likeness (QED) is 0.817. The molecule has 0 fully saturated rings. The van der Waals surface area contributed by atoms with Crippen LogP contribution in [0.4, 0.5) is 0 Å². The molecule has 2 aromatic rings. The number of esters is 1. The highest BCUT2D eigenvalue weighted by molar-refractivity contribution is 5.92. The summed E-state index contributed by atoms with van der Waals surface area (Å²) in [6.07, 6.45) is 1.38. The minimum absolute atomic E-state index is 0.0526. The monoisotopic (exact) mass is 341 g/mol. The lowest BCUT2D eigenvalue weighted by atomic mass is 10.0. The standard InChI is InChI=1S/C19H23N3O3/c1-12(2)25-18(23)11-17(15-7-5-13(3)6-8-15)22-19(24)16-9-10-20-14(4)21-16/h5-10,12,17H,11H2,1-4H3,(H,22,24)/t17-/m1/s1. The number of hydrogen-bond acceptors (Lipinski definition) is 5. The van der Waals surface area contributed by atoms with Gasteiger partial charge in [-0.3, -0.25) is 9.59 Å². The molecule has 2 rings (SSSR count). The van der Waals surface area contributed by atoms with Gasteiger partial charge >= 0.3 is 5.97 Å². The summed E-state index contributed by atoms with van der Waals surface area (Å²) in [6, 6.07) is 8.73. The lowest BCUT2D eigenvalue weighted by Crippen LogP contribution is -2.31. The van der Waals surface area contributed by atoms with Crippen molar-refractivity contribution >= 4 is 11.9 Å². The molecule has 132 valence electrons. The summed E-state index contributed by atoms with van der Waals surface area (Å²) in [5.41, 5.74) is 2.21. The van der Waals surface area contributed by atoms with Crippen molar-refractivity contribution in [3.63, 3.8) is 0 Å². The Morgan fingerprint density at radius 3 is 2.40 bits per heavy atom. The van der Waals surface area contributed by atoms with Gasteiger partial charge in [0.15, 0.2) is 0 Å². The first-order valence-electron chi connectivity index (χ1n) is 8.21. The van der Waals surface area contributed by atoms with Gasteiger partial charge in [-0.25, -0.2) is 9.97 Å². The van der Waals surface area contributed by atoms with Crippen molar-refractivity contribution in [3.05, 3.63) is 59.2 Å². The van der Waals surface area contributed by atoms with Gasteiger partial charge in [-0.15, -0.1) is 0 Å². The molecule has 1 amide bonds. The Kier molecular flexibility index (Phi) is 6.22. The first-order valence-corrected chi connectivity index (χ1v) is 8.21. The van der Waals surface area contributed by atoms with E-state index in [0.717, 1.165) is 11.1 Å². The molecule has 0 saturated carbocycles. The smallest absolute Gasteiger partial charge is 0.308 e. The molecular weight excluding hydrogens is 318 g/mol. The maximum atomic E-state index is 12.5. The van der Waals surface area contributed by atoms with Crippen LogP contribution in [0, 0.1) is 13.8 Å². The average molecular weight is 341 g/mol. The van der Waals surface area contributed by atoms with E-state index >= 15 is 0 Å². The van der Waals surface area contributed by atoms with Crippen LogP contribution in [0.15, 0.2) is 36.5 Å². The van der Waals surface area contributed by atoms with Crippen molar-refractivity contribution < 1.29 is 14.3 Å². The van der Waals surface area contributed by atoms with Crippen molar-refractivity contribution in [2.24, 2.45) is 0 Å². The Labute approximate surface area is 147 Å². The van der Waals surface area contributed by atoms with Gasteiger partial charge in [0.2, 0.25) is 0 Å². The highest BCUT2D eigenvalue weighted by atomic mass is 16.5. The molecule has 1 heterocycles. The molecule has 25 heavy (non-hydrogen) atoms. The van der Waals surface area contributed by atoms with Crippen molar-refractivity contribution in [2.45, 2.75) is 46.3 Å². The molecule has 6 heteroatoms. The summed E-state index contributed by atoms with van der Waals surface area (Å²) < 4.78 is 5.22. The van der Waals surface area contributed by atoms with Gasteiger partial charge in [0.05, 0.1) is 18.6 Å². The summed E-state index contributed by atoms with van der Waals surface area (Å²) >= 11 is 0. The zero-order chi connectivity index (χ0) is 18.4. The molecule has 0 aliphatic rings. The van der Waals surface area contributed by atoms with E-state index in [1.54, 1.807) is 26.8 Å². The molecule has 0 spiro atoms.